The first kappa shape index (κ1) is 20.6. The third kappa shape index (κ3) is 4.56. The van der Waals surface area contributed by atoms with E-state index in [9.17, 15) is 18.5 Å². The summed E-state index contributed by atoms with van der Waals surface area (Å²) in [4.78, 5) is 10.2. The first-order chi connectivity index (χ1) is 10.9. The lowest BCUT2D eigenvalue weighted by atomic mass is 9.85. The number of nitrogens with two attached hydrogens (primary N) is 1. The van der Waals surface area contributed by atoms with Crippen LogP contribution in [0.5, 0.6) is 5.75 Å². The summed E-state index contributed by atoms with van der Waals surface area (Å²) in [5.41, 5.74) is 5.45. The van der Waals surface area contributed by atoms with Gasteiger partial charge in [-0.05, 0) is 31.4 Å². The summed E-state index contributed by atoms with van der Waals surface area (Å²) >= 11 is 0. The molecule has 0 radical (unpaired) electrons. The molecule has 2 rings (SSSR count). The average molecular weight is 380 g/mol. The SMILES string of the molecule is COc1cc(S(=O)(=O)NC2CCCCC2CN)ccc1[N+](=O)[O-].Cl. The molecule has 1 fully saturated rings. The Morgan fingerprint density at radius 3 is 2.62 bits per heavy atom. The van der Waals surface area contributed by atoms with Crippen molar-refractivity contribution in [2.45, 2.75) is 36.6 Å². The highest BCUT2D eigenvalue weighted by molar-refractivity contribution is 7.89. The largest absolute Gasteiger partial charge is 0.490 e. The van der Waals surface area contributed by atoms with E-state index in [0.717, 1.165) is 31.7 Å². The minimum Gasteiger partial charge on any atom is -0.490 e. The van der Waals surface area contributed by atoms with E-state index in [1.807, 2.05) is 0 Å². The van der Waals surface area contributed by atoms with Gasteiger partial charge in [0.15, 0.2) is 5.75 Å². The van der Waals surface area contributed by atoms with Crippen LogP contribution >= 0.6 is 12.4 Å². The number of hydrogen-bond donors (Lipinski definition) is 2. The van der Waals surface area contributed by atoms with Gasteiger partial charge in [-0.2, -0.15) is 0 Å². The van der Waals surface area contributed by atoms with Crippen molar-refractivity contribution in [3.05, 3.63) is 28.3 Å². The van der Waals surface area contributed by atoms with Gasteiger partial charge in [0.05, 0.1) is 16.9 Å². The lowest BCUT2D eigenvalue weighted by Gasteiger charge is -2.31. The summed E-state index contributed by atoms with van der Waals surface area (Å²) in [5, 5.41) is 10.9. The van der Waals surface area contributed by atoms with Crippen molar-refractivity contribution in [1.29, 1.82) is 0 Å². The molecule has 24 heavy (non-hydrogen) atoms. The van der Waals surface area contributed by atoms with Gasteiger partial charge in [0.25, 0.3) is 0 Å². The van der Waals surface area contributed by atoms with Crippen molar-refractivity contribution < 1.29 is 18.1 Å². The zero-order valence-electron chi connectivity index (χ0n) is 13.3. The second kappa shape index (κ2) is 8.61. The van der Waals surface area contributed by atoms with Crippen molar-refractivity contribution in [1.82, 2.24) is 4.72 Å². The molecule has 10 heteroatoms. The summed E-state index contributed by atoms with van der Waals surface area (Å²) in [5.74, 6) is 0.0235. The number of nitro groups is 1. The van der Waals surface area contributed by atoms with Crippen molar-refractivity contribution in [2.24, 2.45) is 11.7 Å². The summed E-state index contributed by atoms with van der Waals surface area (Å²) in [6.45, 7) is 0.427. The molecule has 0 saturated heterocycles. The van der Waals surface area contributed by atoms with Gasteiger partial charge in [0.1, 0.15) is 0 Å². The fraction of sp³-hybridized carbons (Fsp3) is 0.571. The van der Waals surface area contributed by atoms with Crippen molar-refractivity contribution in [3.8, 4) is 5.75 Å². The Bertz CT molecular complexity index is 683. The first-order valence-corrected chi connectivity index (χ1v) is 8.92. The number of benzene rings is 1. The minimum absolute atomic E-state index is 0. The Morgan fingerprint density at radius 1 is 1.38 bits per heavy atom. The zero-order valence-corrected chi connectivity index (χ0v) is 14.9. The van der Waals surface area contributed by atoms with Crippen LogP contribution in [-0.4, -0.2) is 33.0 Å². The summed E-state index contributed by atoms with van der Waals surface area (Å²) in [6, 6.07) is 3.30. The van der Waals surface area contributed by atoms with Crippen LogP contribution in [0, 0.1) is 16.0 Å². The number of methoxy groups -OCH3 is 1. The Balaban J connectivity index is 0.00000288. The summed E-state index contributed by atoms with van der Waals surface area (Å²) in [7, 11) is -2.52. The molecule has 1 aliphatic rings. The highest BCUT2D eigenvalue weighted by Gasteiger charge is 2.29. The van der Waals surface area contributed by atoms with E-state index >= 15 is 0 Å². The standard InChI is InChI=1S/C14H21N3O5S.ClH/c1-22-14-8-11(6-7-13(14)17(18)19)23(20,21)16-12-5-3-2-4-10(12)9-15;/h6-8,10,12,16H,2-5,9,15H2,1H3;1H. The van der Waals surface area contributed by atoms with Gasteiger partial charge in [-0.1, -0.05) is 12.8 Å². The normalized spacial score (nSPS) is 20.9. The van der Waals surface area contributed by atoms with E-state index < -0.39 is 14.9 Å². The number of sulfonamides is 1. The molecule has 136 valence electrons. The molecule has 1 aromatic rings. The predicted octanol–water partition coefficient (Wildman–Crippen LogP) is 1.82. The highest BCUT2D eigenvalue weighted by Crippen LogP contribution is 2.30. The molecule has 3 N–H and O–H groups in total. The van der Waals surface area contributed by atoms with Crippen molar-refractivity contribution in [2.75, 3.05) is 13.7 Å². The maximum absolute atomic E-state index is 12.5. The van der Waals surface area contributed by atoms with E-state index in [2.05, 4.69) is 4.72 Å². The molecule has 1 saturated carbocycles. The van der Waals surface area contributed by atoms with Gasteiger partial charge < -0.3 is 10.5 Å². The fourth-order valence-electron chi connectivity index (χ4n) is 2.89. The number of halogens is 1. The topological polar surface area (TPSA) is 125 Å². The molecule has 0 bridgehead atoms. The van der Waals surface area contributed by atoms with E-state index in [0.29, 0.717) is 6.54 Å². The van der Waals surface area contributed by atoms with Crippen LogP contribution in [0.3, 0.4) is 0 Å². The number of nitrogens with zero attached hydrogens (tertiary/aromatic N) is 1. The number of rotatable bonds is 6. The number of hydrogen-bond acceptors (Lipinski definition) is 6. The van der Waals surface area contributed by atoms with Crippen LogP contribution in [0.4, 0.5) is 5.69 Å². The predicted molar refractivity (Wildman–Crippen MR) is 92.0 cm³/mol. The first-order valence-electron chi connectivity index (χ1n) is 7.44. The van der Waals surface area contributed by atoms with Gasteiger partial charge in [-0.25, -0.2) is 13.1 Å². The molecule has 0 aromatic heterocycles. The van der Waals surface area contributed by atoms with Gasteiger partial charge in [-0.3, -0.25) is 10.1 Å². The second-order valence-electron chi connectivity index (χ2n) is 5.60. The number of nitrogens with one attached hydrogen (secondary N) is 1. The molecule has 0 aliphatic heterocycles. The monoisotopic (exact) mass is 379 g/mol. The molecule has 0 spiro atoms. The second-order valence-corrected chi connectivity index (χ2v) is 7.31. The summed E-state index contributed by atoms with van der Waals surface area (Å²) < 4.78 is 32.7. The maximum Gasteiger partial charge on any atom is 0.310 e. The third-order valence-corrected chi connectivity index (χ3v) is 5.66. The average Bonchev–Trinajstić information content (AvgIpc) is 2.54. The van der Waals surface area contributed by atoms with Crippen molar-refractivity contribution >= 4 is 28.1 Å². The van der Waals surface area contributed by atoms with Crippen LogP contribution < -0.4 is 15.2 Å². The van der Waals surface area contributed by atoms with E-state index in [1.54, 1.807) is 0 Å². The van der Waals surface area contributed by atoms with Crippen LogP contribution in [0.2, 0.25) is 0 Å². The lowest BCUT2D eigenvalue weighted by molar-refractivity contribution is -0.385. The number of nitro benzene ring substituents is 1. The molecule has 2 atom stereocenters. The lowest BCUT2D eigenvalue weighted by Crippen LogP contribution is -2.44. The molecular weight excluding hydrogens is 358 g/mol. The van der Waals surface area contributed by atoms with Crippen LogP contribution in [0.15, 0.2) is 23.1 Å². The Kier molecular flexibility index (Phi) is 7.40. The van der Waals surface area contributed by atoms with E-state index in [4.69, 9.17) is 10.5 Å². The zero-order chi connectivity index (χ0) is 17.0. The van der Waals surface area contributed by atoms with Crippen LogP contribution in [-0.2, 0) is 10.0 Å². The van der Waals surface area contributed by atoms with Gasteiger partial charge >= 0.3 is 5.69 Å². The smallest absolute Gasteiger partial charge is 0.310 e. The molecule has 0 amide bonds. The molecule has 1 aromatic carbocycles. The molecule has 0 heterocycles. The highest BCUT2D eigenvalue weighted by atomic mass is 35.5. The van der Waals surface area contributed by atoms with E-state index in [1.165, 1.54) is 19.2 Å². The fourth-order valence-corrected chi connectivity index (χ4v) is 4.24. The Morgan fingerprint density at radius 2 is 2.04 bits per heavy atom. The molecule has 2 unspecified atom stereocenters. The molecule has 8 nitrogen and oxygen atoms in total. The van der Waals surface area contributed by atoms with Crippen molar-refractivity contribution in [3.63, 3.8) is 0 Å². The number of ether oxygens (including phenoxy) is 1. The van der Waals surface area contributed by atoms with Crippen LogP contribution in [0.25, 0.3) is 0 Å². The molecule has 1 aliphatic carbocycles. The third-order valence-electron chi connectivity index (χ3n) is 4.18. The van der Waals surface area contributed by atoms with Gasteiger partial charge in [-0.15, -0.1) is 12.4 Å². The maximum atomic E-state index is 12.5. The van der Waals surface area contributed by atoms with Gasteiger partial charge in [0.2, 0.25) is 10.0 Å². The van der Waals surface area contributed by atoms with E-state index in [-0.39, 0.29) is 40.7 Å². The Hall–Kier alpha value is -1.42. The molecular formula is C14H22ClN3O5S. The van der Waals surface area contributed by atoms with Gasteiger partial charge in [0, 0.05) is 18.2 Å². The minimum atomic E-state index is -3.79. The van der Waals surface area contributed by atoms with Crippen LogP contribution in [0.1, 0.15) is 25.7 Å². The quantitative estimate of drug-likeness (QED) is 0.573. The Labute approximate surface area is 147 Å². The summed E-state index contributed by atoms with van der Waals surface area (Å²) in [6.07, 6.45) is 3.64.